The molecule has 6 heteroatoms. The number of rotatable bonds is 5. The summed E-state index contributed by atoms with van der Waals surface area (Å²) < 4.78 is 7.67. The summed E-state index contributed by atoms with van der Waals surface area (Å²) in [5.74, 6) is 1.85. The van der Waals surface area contributed by atoms with Crippen molar-refractivity contribution in [2.75, 3.05) is 32.8 Å². The summed E-state index contributed by atoms with van der Waals surface area (Å²) in [6.45, 7) is 6.32. The van der Waals surface area contributed by atoms with Crippen LogP contribution in [-0.2, 0) is 18.4 Å². The van der Waals surface area contributed by atoms with Crippen molar-refractivity contribution < 1.29 is 9.53 Å². The van der Waals surface area contributed by atoms with Crippen LogP contribution in [0.25, 0.3) is 0 Å². The molecule has 1 aromatic carbocycles. The fraction of sp³-hybridized carbons (Fsp3) is 0.474. The molecule has 1 fully saturated rings. The van der Waals surface area contributed by atoms with Gasteiger partial charge in [0.2, 0.25) is 0 Å². The standard InChI is InChI=1S/C19H26N4O2/c1-16-4-6-17(7-5-16)25-15-19(24)23-10-3-9-22(12-13-23)14-18-20-8-11-21(18)2/h4-8,11H,3,9-10,12-15H2,1-2H3. The second kappa shape index (κ2) is 8.16. The van der Waals surface area contributed by atoms with Crippen molar-refractivity contribution in [3.63, 3.8) is 0 Å². The predicted octanol–water partition coefficient (Wildman–Crippen LogP) is 1.84. The number of nitrogens with zero attached hydrogens (tertiary/aromatic N) is 4. The molecule has 1 aliphatic heterocycles. The van der Waals surface area contributed by atoms with Crippen molar-refractivity contribution in [3.05, 3.63) is 48.0 Å². The first-order valence-electron chi connectivity index (χ1n) is 8.77. The lowest BCUT2D eigenvalue weighted by Crippen LogP contribution is -2.38. The average molecular weight is 342 g/mol. The summed E-state index contributed by atoms with van der Waals surface area (Å²) in [7, 11) is 2.01. The fourth-order valence-electron chi connectivity index (χ4n) is 3.00. The van der Waals surface area contributed by atoms with Gasteiger partial charge in [-0.15, -0.1) is 0 Å². The average Bonchev–Trinajstić information content (AvgIpc) is 2.87. The number of hydrogen-bond acceptors (Lipinski definition) is 4. The molecule has 0 spiro atoms. The van der Waals surface area contributed by atoms with Gasteiger partial charge in [-0.05, 0) is 25.5 Å². The molecule has 25 heavy (non-hydrogen) atoms. The largest absolute Gasteiger partial charge is 0.484 e. The maximum Gasteiger partial charge on any atom is 0.260 e. The van der Waals surface area contributed by atoms with Crippen molar-refractivity contribution >= 4 is 5.91 Å². The smallest absolute Gasteiger partial charge is 0.260 e. The van der Waals surface area contributed by atoms with Crippen molar-refractivity contribution in [3.8, 4) is 5.75 Å². The highest BCUT2D eigenvalue weighted by Crippen LogP contribution is 2.12. The van der Waals surface area contributed by atoms with E-state index in [1.807, 2.05) is 60.1 Å². The highest BCUT2D eigenvalue weighted by Gasteiger charge is 2.20. The number of carbonyl (C=O) groups is 1. The van der Waals surface area contributed by atoms with Gasteiger partial charge in [-0.1, -0.05) is 17.7 Å². The van der Waals surface area contributed by atoms with Crippen LogP contribution in [0.2, 0.25) is 0 Å². The van der Waals surface area contributed by atoms with E-state index in [2.05, 4.69) is 9.88 Å². The number of imidazole rings is 1. The van der Waals surface area contributed by atoms with E-state index in [4.69, 9.17) is 4.74 Å². The summed E-state index contributed by atoms with van der Waals surface area (Å²) in [5.41, 5.74) is 1.18. The Kier molecular flexibility index (Phi) is 5.71. The van der Waals surface area contributed by atoms with Crippen molar-refractivity contribution in [2.45, 2.75) is 19.9 Å². The minimum atomic E-state index is 0.0550. The van der Waals surface area contributed by atoms with E-state index >= 15 is 0 Å². The van der Waals surface area contributed by atoms with Gasteiger partial charge in [0.05, 0.1) is 6.54 Å². The highest BCUT2D eigenvalue weighted by molar-refractivity contribution is 5.77. The minimum absolute atomic E-state index is 0.0550. The summed E-state index contributed by atoms with van der Waals surface area (Å²) in [5, 5.41) is 0. The van der Waals surface area contributed by atoms with Crippen molar-refractivity contribution in [2.24, 2.45) is 7.05 Å². The quantitative estimate of drug-likeness (QED) is 0.832. The molecule has 3 rings (SSSR count). The normalized spacial score (nSPS) is 15.8. The Morgan fingerprint density at radius 1 is 1.16 bits per heavy atom. The Balaban J connectivity index is 1.47. The zero-order chi connectivity index (χ0) is 17.6. The van der Waals surface area contributed by atoms with Gasteiger partial charge in [0.1, 0.15) is 11.6 Å². The molecule has 134 valence electrons. The Bertz CT molecular complexity index is 696. The molecule has 2 aromatic rings. The molecule has 0 radical (unpaired) electrons. The lowest BCUT2D eigenvalue weighted by atomic mass is 10.2. The minimum Gasteiger partial charge on any atom is -0.484 e. The molecule has 0 atom stereocenters. The van der Waals surface area contributed by atoms with Gasteiger partial charge < -0.3 is 14.2 Å². The molecule has 2 heterocycles. The molecule has 1 aliphatic rings. The van der Waals surface area contributed by atoms with Crippen LogP contribution in [-0.4, -0.2) is 58.0 Å². The molecule has 1 saturated heterocycles. The third-order valence-electron chi connectivity index (χ3n) is 4.61. The summed E-state index contributed by atoms with van der Waals surface area (Å²) in [6, 6.07) is 7.78. The van der Waals surface area contributed by atoms with Gasteiger partial charge in [0.25, 0.3) is 5.91 Å². The zero-order valence-electron chi connectivity index (χ0n) is 15.0. The zero-order valence-corrected chi connectivity index (χ0v) is 15.0. The van der Waals surface area contributed by atoms with Gasteiger partial charge in [-0.25, -0.2) is 4.98 Å². The molecule has 0 saturated carbocycles. The van der Waals surface area contributed by atoms with Crippen LogP contribution in [0.1, 0.15) is 17.8 Å². The van der Waals surface area contributed by atoms with Gasteiger partial charge in [-0.2, -0.15) is 0 Å². The van der Waals surface area contributed by atoms with E-state index in [0.29, 0.717) is 0 Å². The Morgan fingerprint density at radius 2 is 1.96 bits per heavy atom. The first-order chi connectivity index (χ1) is 12.1. The van der Waals surface area contributed by atoms with E-state index in [1.165, 1.54) is 5.56 Å². The third-order valence-corrected chi connectivity index (χ3v) is 4.61. The second-order valence-electron chi connectivity index (χ2n) is 6.57. The van der Waals surface area contributed by atoms with E-state index in [9.17, 15) is 4.79 Å². The Labute approximate surface area is 149 Å². The molecule has 0 unspecified atom stereocenters. The van der Waals surface area contributed by atoms with Gasteiger partial charge in [0, 0.05) is 45.6 Å². The maximum atomic E-state index is 12.4. The van der Waals surface area contributed by atoms with Crippen molar-refractivity contribution in [1.29, 1.82) is 0 Å². The third kappa shape index (κ3) is 4.82. The number of carbonyl (C=O) groups excluding carboxylic acids is 1. The second-order valence-corrected chi connectivity index (χ2v) is 6.57. The van der Waals surface area contributed by atoms with Gasteiger partial charge >= 0.3 is 0 Å². The lowest BCUT2D eigenvalue weighted by Gasteiger charge is -2.22. The summed E-state index contributed by atoms with van der Waals surface area (Å²) in [6.07, 6.45) is 4.76. The summed E-state index contributed by atoms with van der Waals surface area (Å²) in [4.78, 5) is 21.1. The van der Waals surface area contributed by atoms with E-state index in [0.717, 1.165) is 50.7 Å². The maximum absolute atomic E-state index is 12.4. The number of benzene rings is 1. The van der Waals surface area contributed by atoms with Crippen LogP contribution in [0.15, 0.2) is 36.7 Å². The fourth-order valence-corrected chi connectivity index (χ4v) is 3.00. The van der Waals surface area contributed by atoms with Crippen LogP contribution < -0.4 is 4.74 Å². The Morgan fingerprint density at radius 3 is 2.68 bits per heavy atom. The van der Waals surface area contributed by atoms with Crippen LogP contribution in [0, 0.1) is 6.92 Å². The van der Waals surface area contributed by atoms with Crippen LogP contribution in [0.4, 0.5) is 0 Å². The number of amides is 1. The highest BCUT2D eigenvalue weighted by atomic mass is 16.5. The topological polar surface area (TPSA) is 50.6 Å². The first-order valence-corrected chi connectivity index (χ1v) is 8.77. The molecular weight excluding hydrogens is 316 g/mol. The van der Waals surface area contributed by atoms with Crippen LogP contribution in [0.5, 0.6) is 5.75 Å². The van der Waals surface area contributed by atoms with Crippen LogP contribution in [0.3, 0.4) is 0 Å². The van der Waals surface area contributed by atoms with Gasteiger partial charge in [-0.3, -0.25) is 9.69 Å². The number of hydrogen-bond donors (Lipinski definition) is 0. The van der Waals surface area contributed by atoms with E-state index < -0.39 is 0 Å². The SMILES string of the molecule is Cc1ccc(OCC(=O)N2CCCN(Cc3nccn3C)CC2)cc1. The van der Waals surface area contributed by atoms with Crippen LogP contribution >= 0.6 is 0 Å². The van der Waals surface area contributed by atoms with E-state index in [-0.39, 0.29) is 12.5 Å². The molecule has 0 bridgehead atoms. The molecule has 1 aromatic heterocycles. The number of ether oxygens (including phenoxy) is 1. The molecule has 6 nitrogen and oxygen atoms in total. The van der Waals surface area contributed by atoms with Gasteiger partial charge in [0.15, 0.2) is 6.61 Å². The summed E-state index contributed by atoms with van der Waals surface area (Å²) >= 11 is 0. The monoisotopic (exact) mass is 342 g/mol. The van der Waals surface area contributed by atoms with Crippen molar-refractivity contribution in [1.82, 2.24) is 19.4 Å². The molecule has 1 amide bonds. The number of aryl methyl sites for hydroxylation is 2. The first kappa shape index (κ1) is 17.5. The lowest BCUT2D eigenvalue weighted by molar-refractivity contribution is -0.133. The predicted molar refractivity (Wildman–Crippen MR) is 96.4 cm³/mol. The Hall–Kier alpha value is -2.34. The molecule has 0 N–H and O–H groups in total. The van der Waals surface area contributed by atoms with E-state index in [1.54, 1.807) is 0 Å². The molecule has 0 aliphatic carbocycles. The number of aromatic nitrogens is 2. The molecular formula is C19H26N4O2.